The molecular weight excluding hydrogens is 388 g/mol. The Morgan fingerprint density at radius 1 is 1.10 bits per heavy atom. The summed E-state index contributed by atoms with van der Waals surface area (Å²) < 4.78 is 13.5. The minimum atomic E-state index is -1.04. The SMILES string of the molecule is Nc1ncnn2c([C@@H]3OC(CN4CCOC[C@H]4CN4CCCC4)[C@@H](O)[C@H]3O)ccc12. The Bertz CT molecular complexity index is 872. The quantitative estimate of drug-likeness (QED) is 0.577. The molecule has 3 fully saturated rings. The number of aliphatic hydroxyl groups excluding tert-OH is 2. The number of nitrogen functional groups attached to an aromatic ring is 1. The number of nitrogens with zero attached hydrogens (tertiary/aromatic N) is 5. The van der Waals surface area contributed by atoms with E-state index in [1.165, 1.54) is 19.2 Å². The Morgan fingerprint density at radius 3 is 2.77 bits per heavy atom. The maximum absolute atomic E-state index is 10.7. The number of morpholine rings is 1. The zero-order valence-electron chi connectivity index (χ0n) is 17.0. The van der Waals surface area contributed by atoms with Gasteiger partial charge in [-0.15, -0.1) is 0 Å². The molecule has 10 nitrogen and oxygen atoms in total. The number of fused-ring (bicyclic) bond motifs is 1. The Morgan fingerprint density at radius 2 is 1.93 bits per heavy atom. The molecule has 0 saturated carbocycles. The van der Waals surface area contributed by atoms with Crippen molar-refractivity contribution in [3.8, 4) is 0 Å². The van der Waals surface area contributed by atoms with Gasteiger partial charge >= 0.3 is 0 Å². The molecule has 3 aliphatic rings. The van der Waals surface area contributed by atoms with Crippen LogP contribution in [0.4, 0.5) is 5.82 Å². The molecule has 0 aliphatic carbocycles. The third-order valence-electron chi connectivity index (χ3n) is 6.60. The first-order valence-corrected chi connectivity index (χ1v) is 10.8. The number of rotatable bonds is 5. The Kier molecular flexibility index (Phi) is 5.61. The number of hydrogen-bond donors (Lipinski definition) is 3. The minimum Gasteiger partial charge on any atom is -0.388 e. The van der Waals surface area contributed by atoms with Crippen LogP contribution in [0.3, 0.4) is 0 Å². The van der Waals surface area contributed by atoms with Crippen molar-refractivity contribution >= 4 is 11.3 Å². The van der Waals surface area contributed by atoms with Crippen molar-refractivity contribution in [1.29, 1.82) is 0 Å². The van der Waals surface area contributed by atoms with Gasteiger partial charge in [-0.05, 0) is 38.1 Å². The summed E-state index contributed by atoms with van der Waals surface area (Å²) in [7, 11) is 0. The summed E-state index contributed by atoms with van der Waals surface area (Å²) in [6, 6.07) is 3.88. The van der Waals surface area contributed by atoms with E-state index >= 15 is 0 Å². The molecular formula is C20H30N6O4. The van der Waals surface area contributed by atoms with Crippen LogP contribution >= 0.6 is 0 Å². The zero-order valence-corrected chi connectivity index (χ0v) is 17.0. The first-order chi connectivity index (χ1) is 14.6. The number of hydrogen-bond acceptors (Lipinski definition) is 9. The van der Waals surface area contributed by atoms with Gasteiger partial charge in [0.1, 0.15) is 30.2 Å². The Labute approximate surface area is 175 Å². The number of aliphatic hydroxyl groups is 2. The first kappa shape index (κ1) is 20.1. The van der Waals surface area contributed by atoms with E-state index in [1.54, 1.807) is 10.6 Å². The summed E-state index contributed by atoms with van der Waals surface area (Å²) in [6.45, 7) is 5.95. The summed E-state index contributed by atoms with van der Waals surface area (Å²) in [5.74, 6) is 0.360. The van der Waals surface area contributed by atoms with Crippen LogP contribution in [0.2, 0.25) is 0 Å². The van der Waals surface area contributed by atoms with Gasteiger partial charge in [-0.2, -0.15) is 5.10 Å². The van der Waals surface area contributed by atoms with E-state index in [-0.39, 0.29) is 6.04 Å². The lowest BCUT2D eigenvalue weighted by molar-refractivity contribution is -0.0628. The number of ether oxygens (including phenoxy) is 2. The Balaban J connectivity index is 1.30. The van der Waals surface area contributed by atoms with Gasteiger partial charge in [0.25, 0.3) is 0 Å². The molecule has 0 amide bonds. The number of anilines is 1. The van der Waals surface area contributed by atoms with Crippen molar-refractivity contribution in [3.05, 3.63) is 24.2 Å². The van der Waals surface area contributed by atoms with Crippen molar-refractivity contribution in [3.63, 3.8) is 0 Å². The average Bonchev–Trinajstić information content (AvgIpc) is 3.47. The standard InChI is InChI=1S/C20H30N6O4/c21-20-15-4-3-14(26(15)23-12-22-20)19-18(28)17(27)16(30-19)10-25-7-8-29-11-13(25)9-24-5-1-2-6-24/h3-4,12-13,16-19,27-28H,1-2,5-11H2,(H2,21,22,23)/t13-,16?,17-,18-,19+/m1/s1. The fraction of sp³-hybridized carbons (Fsp3) is 0.700. The van der Waals surface area contributed by atoms with Gasteiger partial charge in [-0.25, -0.2) is 9.50 Å². The van der Waals surface area contributed by atoms with Crippen molar-refractivity contribution < 1.29 is 19.7 Å². The van der Waals surface area contributed by atoms with Crippen molar-refractivity contribution in [2.75, 3.05) is 51.7 Å². The third kappa shape index (κ3) is 3.68. The lowest BCUT2D eigenvalue weighted by Crippen LogP contribution is -2.54. The normalized spacial score (nSPS) is 33.6. The Hall–Kier alpha value is -1.82. The van der Waals surface area contributed by atoms with Gasteiger partial charge in [-0.3, -0.25) is 4.90 Å². The molecule has 5 rings (SSSR count). The van der Waals surface area contributed by atoms with Gasteiger partial charge in [0, 0.05) is 25.7 Å². The van der Waals surface area contributed by atoms with Crippen LogP contribution in [0.15, 0.2) is 18.5 Å². The molecule has 4 N–H and O–H groups in total. The monoisotopic (exact) mass is 418 g/mol. The highest BCUT2D eigenvalue weighted by atomic mass is 16.5. The molecule has 5 heterocycles. The summed E-state index contributed by atoms with van der Waals surface area (Å²) in [4.78, 5) is 8.81. The molecule has 164 valence electrons. The van der Waals surface area contributed by atoms with E-state index in [4.69, 9.17) is 15.2 Å². The highest BCUT2D eigenvalue weighted by Crippen LogP contribution is 2.35. The van der Waals surface area contributed by atoms with Gasteiger partial charge in [0.15, 0.2) is 5.82 Å². The maximum Gasteiger partial charge on any atom is 0.151 e. The van der Waals surface area contributed by atoms with Crippen molar-refractivity contribution in [1.82, 2.24) is 24.4 Å². The van der Waals surface area contributed by atoms with Crippen LogP contribution in [0.5, 0.6) is 0 Å². The van der Waals surface area contributed by atoms with Crippen LogP contribution < -0.4 is 5.73 Å². The second-order valence-corrected chi connectivity index (χ2v) is 8.51. The van der Waals surface area contributed by atoms with Crippen LogP contribution in [-0.2, 0) is 9.47 Å². The maximum atomic E-state index is 10.7. The topological polar surface area (TPSA) is 122 Å². The largest absolute Gasteiger partial charge is 0.388 e. The lowest BCUT2D eigenvalue weighted by Gasteiger charge is -2.39. The van der Waals surface area contributed by atoms with Crippen molar-refractivity contribution in [2.24, 2.45) is 0 Å². The third-order valence-corrected chi connectivity index (χ3v) is 6.60. The van der Waals surface area contributed by atoms with Gasteiger partial charge < -0.3 is 30.3 Å². The molecule has 30 heavy (non-hydrogen) atoms. The van der Waals surface area contributed by atoms with Crippen molar-refractivity contribution in [2.45, 2.75) is 43.3 Å². The molecule has 0 aromatic carbocycles. The van der Waals surface area contributed by atoms with E-state index in [9.17, 15) is 10.2 Å². The molecule has 0 radical (unpaired) electrons. The first-order valence-electron chi connectivity index (χ1n) is 10.8. The van der Waals surface area contributed by atoms with Crippen LogP contribution in [0, 0.1) is 0 Å². The average molecular weight is 418 g/mol. The van der Waals surface area contributed by atoms with Crippen LogP contribution in [-0.4, -0.2) is 105 Å². The summed E-state index contributed by atoms with van der Waals surface area (Å²) >= 11 is 0. The van der Waals surface area contributed by atoms with Gasteiger partial charge in [0.05, 0.1) is 25.0 Å². The molecule has 2 aromatic heterocycles. The van der Waals surface area contributed by atoms with E-state index in [1.807, 2.05) is 6.07 Å². The smallest absolute Gasteiger partial charge is 0.151 e. The van der Waals surface area contributed by atoms with E-state index in [0.717, 1.165) is 26.2 Å². The minimum absolute atomic E-state index is 0.269. The molecule has 3 saturated heterocycles. The summed E-state index contributed by atoms with van der Waals surface area (Å²) in [6.07, 6.45) is 0.694. The second kappa shape index (κ2) is 8.37. The predicted molar refractivity (Wildman–Crippen MR) is 109 cm³/mol. The number of nitrogens with two attached hydrogens (primary N) is 1. The highest BCUT2D eigenvalue weighted by molar-refractivity contribution is 5.65. The summed E-state index contributed by atoms with van der Waals surface area (Å²) in [5.41, 5.74) is 7.23. The molecule has 5 atom stereocenters. The number of likely N-dealkylation sites (tertiary alicyclic amines) is 1. The highest BCUT2D eigenvalue weighted by Gasteiger charge is 2.46. The van der Waals surface area contributed by atoms with Crippen LogP contribution in [0.25, 0.3) is 5.52 Å². The van der Waals surface area contributed by atoms with Crippen LogP contribution in [0.1, 0.15) is 24.6 Å². The summed E-state index contributed by atoms with van der Waals surface area (Å²) in [5, 5.41) is 25.7. The predicted octanol–water partition coefficient (Wildman–Crippen LogP) is -0.730. The van der Waals surface area contributed by atoms with E-state index in [2.05, 4.69) is 19.9 Å². The number of aromatic nitrogens is 3. The molecule has 3 aliphatic heterocycles. The van der Waals surface area contributed by atoms with E-state index in [0.29, 0.717) is 36.8 Å². The second-order valence-electron chi connectivity index (χ2n) is 8.51. The molecule has 1 unspecified atom stereocenters. The van der Waals surface area contributed by atoms with E-state index < -0.39 is 24.4 Å². The fourth-order valence-electron chi connectivity index (χ4n) is 4.92. The molecule has 0 spiro atoms. The fourth-order valence-corrected chi connectivity index (χ4v) is 4.92. The lowest BCUT2D eigenvalue weighted by atomic mass is 10.0. The molecule has 0 bridgehead atoms. The zero-order chi connectivity index (χ0) is 20.7. The molecule has 2 aromatic rings. The molecule has 10 heteroatoms. The van der Waals surface area contributed by atoms with Gasteiger partial charge in [0.2, 0.25) is 0 Å². The van der Waals surface area contributed by atoms with Gasteiger partial charge in [-0.1, -0.05) is 0 Å².